The van der Waals surface area contributed by atoms with E-state index in [0.717, 1.165) is 55.2 Å². The van der Waals surface area contributed by atoms with Crippen LogP contribution < -0.4 is 10.1 Å². The Morgan fingerprint density at radius 2 is 1.91 bits per heavy atom. The summed E-state index contributed by atoms with van der Waals surface area (Å²) < 4.78 is 14.7. The molecule has 2 aromatic rings. The average Bonchev–Trinajstić information content (AvgIpc) is 3.24. The third-order valence-electron chi connectivity index (χ3n) is 7.28. The number of carbonyl (C=O) groups is 1. The highest BCUT2D eigenvalue weighted by molar-refractivity contribution is 5.73. The lowest BCUT2D eigenvalue weighted by Gasteiger charge is -2.41. The summed E-state index contributed by atoms with van der Waals surface area (Å²) >= 11 is 0. The summed E-state index contributed by atoms with van der Waals surface area (Å²) in [6.07, 6.45) is 2.41. The smallest absolute Gasteiger partial charge is 0.410 e. The van der Waals surface area contributed by atoms with Crippen molar-refractivity contribution in [1.29, 1.82) is 0 Å². The first kappa shape index (κ1) is 22.3. The number of rotatable bonds is 1. The number of benzene rings is 1. The molecule has 0 aliphatic carbocycles. The Hall–Kier alpha value is -2.54. The fourth-order valence-electron chi connectivity index (χ4n) is 5.83. The minimum Gasteiger partial charge on any atom is -0.480 e. The highest BCUT2D eigenvalue weighted by Crippen LogP contribution is 2.50. The molecular formula is C26H36N4O3. The van der Waals surface area contributed by atoms with Crippen molar-refractivity contribution in [2.24, 2.45) is 7.05 Å². The van der Waals surface area contributed by atoms with Gasteiger partial charge in [-0.15, -0.1) is 0 Å². The Balaban J connectivity index is 1.55. The molecule has 5 rings (SSSR count). The zero-order valence-corrected chi connectivity index (χ0v) is 20.7. The Morgan fingerprint density at radius 3 is 2.61 bits per heavy atom. The number of carbonyl (C=O) groups excluding carboxylic acids is 1. The van der Waals surface area contributed by atoms with Gasteiger partial charge in [0.25, 0.3) is 0 Å². The van der Waals surface area contributed by atoms with E-state index in [1.807, 2.05) is 37.8 Å². The van der Waals surface area contributed by atoms with Crippen LogP contribution in [0.1, 0.15) is 71.3 Å². The zero-order chi connectivity index (χ0) is 23.6. The SMILES string of the molecule is Cn1c(C2CN(C(=O)OC(C)(C)C)C(C)(C)C2)nc2c1C1(CCNCC1)Oc1ccccc1-2. The van der Waals surface area contributed by atoms with Crippen molar-refractivity contribution in [3.8, 4) is 17.0 Å². The second-order valence-corrected chi connectivity index (χ2v) is 11.4. The van der Waals surface area contributed by atoms with Crippen LogP contribution in [0.5, 0.6) is 5.75 Å². The van der Waals surface area contributed by atoms with E-state index in [2.05, 4.69) is 42.9 Å². The van der Waals surface area contributed by atoms with Gasteiger partial charge < -0.3 is 24.3 Å². The van der Waals surface area contributed by atoms with Crippen LogP contribution in [0.2, 0.25) is 0 Å². The number of aromatic nitrogens is 2. The minimum absolute atomic E-state index is 0.133. The second-order valence-electron chi connectivity index (χ2n) is 11.4. The molecule has 1 N–H and O–H groups in total. The van der Waals surface area contributed by atoms with Crippen molar-refractivity contribution < 1.29 is 14.3 Å². The number of amides is 1. The fourth-order valence-corrected chi connectivity index (χ4v) is 5.83. The number of fused-ring (bicyclic) bond motifs is 4. The molecule has 1 atom stereocenters. The van der Waals surface area contributed by atoms with Gasteiger partial charge in [0.1, 0.15) is 17.2 Å². The van der Waals surface area contributed by atoms with Crippen LogP contribution in [0, 0.1) is 0 Å². The first-order chi connectivity index (χ1) is 15.5. The van der Waals surface area contributed by atoms with Crippen LogP contribution in [-0.4, -0.2) is 51.3 Å². The van der Waals surface area contributed by atoms with Gasteiger partial charge in [-0.05, 0) is 66.3 Å². The molecular weight excluding hydrogens is 416 g/mol. The Kier molecular flexibility index (Phi) is 5.05. The molecule has 0 saturated carbocycles. The molecule has 3 aliphatic heterocycles. The predicted molar refractivity (Wildman–Crippen MR) is 127 cm³/mol. The van der Waals surface area contributed by atoms with Crippen molar-refractivity contribution in [3.63, 3.8) is 0 Å². The largest absolute Gasteiger partial charge is 0.480 e. The van der Waals surface area contributed by atoms with Crippen molar-refractivity contribution in [3.05, 3.63) is 35.8 Å². The topological polar surface area (TPSA) is 68.6 Å². The highest BCUT2D eigenvalue weighted by atomic mass is 16.6. The molecule has 1 spiro atoms. The lowest BCUT2D eigenvalue weighted by molar-refractivity contribution is 0.0132. The molecule has 0 radical (unpaired) electrons. The van der Waals surface area contributed by atoms with E-state index in [9.17, 15) is 4.79 Å². The number of nitrogens with zero attached hydrogens (tertiary/aromatic N) is 3. The van der Waals surface area contributed by atoms with Crippen molar-refractivity contribution >= 4 is 6.09 Å². The van der Waals surface area contributed by atoms with Crippen LogP contribution in [0.4, 0.5) is 4.79 Å². The van der Waals surface area contributed by atoms with E-state index in [0.29, 0.717) is 6.54 Å². The molecule has 1 aromatic carbocycles. The van der Waals surface area contributed by atoms with Crippen LogP contribution in [0.15, 0.2) is 24.3 Å². The average molecular weight is 453 g/mol. The van der Waals surface area contributed by atoms with Gasteiger partial charge in [-0.25, -0.2) is 9.78 Å². The summed E-state index contributed by atoms with van der Waals surface area (Å²) in [5, 5.41) is 3.47. The lowest BCUT2D eigenvalue weighted by atomic mass is 9.84. The van der Waals surface area contributed by atoms with E-state index in [-0.39, 0.29) is 23.2 Å². The third kappa shape index (κ3) is 3.70. The summed E-state index contributed by atoms with van der Waals surface area (Å²) in [7, 11) is 2.12. The highest BCUT2D eigenvalue weighted by Gasteiger charge is 2.49. The van der Waals surface area contributed by atoms with Crippen molar-refractivity contribution in [1.82, 2.24) is 19.8 Å². The minimum atomic E-state index is -0.518. The van der Waals surface area contributed by atoms with Crippen LogP contribution in [0.25, 0.3) is 11.3 Å². The van der Waals surface area contributed by atoms with Gasteiger partial charge in [0, 0.05) is 43.5 Å². The Morgan fingerprint density at radius 1 is 1.21 bits per heavy atom. The van der Waals surface area contributed by atoms with Gasteiger partial charge in [-0.2, -0.15) is 0 Å². The number of ether oxygens (including phenoxy) is 2. The summed E-state index contributed by atoms with van der Waals surface area (Å²) in [5.41, 5.74) is 2.07. The van der Waals surface area contributed by atoms with Gasteiger partial charge in [0.2, 0.25) is 0 Å². The third-order valence-corrected chi connectivity index (χ3v) is 7.28. The Labute approximate surface area is 196 Å². The molecule has 1 amide bonds. The fraction of sp³-hybridized carbons (Fsp3) is 0.615. The Bertz CT molecular complexity index is 1080. The number of hydrogen-bond acceptors (Lipinski definition) is 5. The molecule has 1 unspecified atom stereocenters. The standard InChI is InChI=1S/C26H36N4O3/c1-24(2,3)33-23(31)30-16-17(15-25(30,4)5)22-28-20-18-9-7-8-10-19(18)32-26(21(20)29(22)6)11-13-27-14-12-26/h7-10,17,27H,11-16H2,1-6H3. The van der Waals surface area contributed by atoms with Crippen molar-refractivity contribution in [2.75, 3.05) is 19.6 Å². The van der Waals surface area contributed by atoms with Crippen LogP contribution in [-0.2, 0) is 17.4 Å². The first-order valence-electron chi connectivity index (χ1n) is 12.1. The molecule has 178 valence electrons. The molecule has 7 heteroatoms. The second kappa shape index (κ2) is 7.49. The van der Waals surface area contributed by atoms with E-state index < -0.39 is 5.60 Å². The summed E-state index contributed by atoms with van der Waals surface area (Å²) in [6, 6.07) is 8.23. The number of imidazole rings is 1. The van der Waals surface area contributed by atoms with Crippen LogP contribution in [0.3, 0.4) is 0 Å². The zero-order valence-electron chi connectivity index (χ0n) is 20.7. The van der Waals surface area contributed by atoms with E-state index in [1.54, 1.807) is 0 Å². The number of piperidine rings is 1. The number of likely N-dealkylation sites (tertiary alicyclic amines) is 1. The quantitative estimate of drug-likeness (QED) is 0.687. The number of nitrogens with one attached hydrogen (secondary N) is 1. The van der Waals surface area contributed by atoms with E-state index in [1.165, 1.54) is 5.69 Å². The molecule has 2 saturated heterocycles. The van der Waals surface area contributed by atoms with E-state index in [4.69, 9.17) is 14.5 Å². The lowest BCUT2D eigenvalue weighted by Crippen LogP contribution is -2.46. The maximum absolute atomic E-state index is 13.0. The molecule has 33 heavy (non-hydrogen) atoms. The van der Waals surface area contributed by atoms with Crippen molar-refractivity contribution in [2.45, 2.75) is 76.5 Å². The molecule has 0 bridgehead atoms. The molecule has 7 nitrogen and oxygen atoms in total. The van der Waals surface area contributed by atoms with Gasteiger partial charge in [-0.3, -0.25) is 0 Å². The summed E-state index contributed by atoms with van der Waals surface area (Å²) in [5.74, 6) is 2.07. The van der Waals surface area contributed by atoms with Crippen LogP contribution >= 0.6 is 0 Å². The summed E-state index contributed by atoms with van der Waals surface area (Å²) in [6.45, 7) is 12.4. The molecule has 4 heterocycles. The maximum Gasteiger partial charge on any atom is 0.410 e. The number of para-hydroxylation sites is 1. The van der Waals surface area contributed by atoms with E-state index >= 15 is 0 Å². The maximum atomic E-state index is 13.0. The molecule has 1 aromatic heterocycles. The van der Waals surface area contributed by atoms with Gasteiger partial charge in [0.15, 0.2) is 5.60 Å². The first-order valence-corrected chi connectivity index (χ1v) is 12.1. The normalized spacial score (nSPS) is 23.1. The van der Waals surface area contributed by atoms with Gasteiger partial charge in [0.05, 0.1) is 11.4 Å². The molecule has 3 aliphatic rings. The number of hydrogen-bond donors (Lipinski definition) is 1. The molecule has 2 fully saturated rings. The van der Waals surface area contributed by atoms with Gasteiger partial charge >= 0.3 is 6.09 Å². The van der Waals surface area contributed by atoms with Gasteiger partial charge in [-0.1, -0.05) is 12.1 Å². The summed E-state index contributed by atoms with van der Waals surface area (Å²) in [4.78, 5) is 20.1. The predicted octanol–water partition coefficient (Wildman–Crippen LogP) is 4.56. The monoisotopic (exact) mass is 452 g/mol.